The molecule has 1 rings (SSSR count). The Labute approximate surface area is 99.0 Å². The lowest BCUT2D eigenvalue weighted by molar-refractivity contribution is 0.398. The summed E-state index contributed by atoms with van der Waals surface area (Å²) in [6.45, 7) is 3.81. The van der Waals surface area contributed by atoms with Crippen LogP contribution in [0.3, 0.4) is 0 Å². The summed E-state index contributed by atoms with van der Waals surface area (Å²) in [6, 6.07) is 5.81. The Hall–Kier alpha value is -0.960. The zero-order chi connectivity index (χ0) is 11.3. The first kappa shape index (κ1) is 12.1. The maximum atomic E-state index is 5.28. The molecule has 0 fully saturated rings. The Morgan fingerprint density at radius 1 is 1.33 bits per heavy atom. The van der Waals surface area contributed by atoms with E-state index >= 15 is 0 Å². The second kappa shape index (κ2) is 5.81. The SMILES string of the molecule is C=C(Br)CCc1cc(OC)ccc1OC. The molecular weight excluding hydrogens is 256 g/mol. The van der Waals surface area contributed by atoms with Crippen molar-refractivity contribution in [3.05, 3.63) is 34.8 Å². The van der Waals surface area contributed by atoms with Crippen molar-refractivity contribution >= 4 is 15.9 Å². The van der Waals surface area contributed by atoms with Crippen molar-refractivity contribution < 1.29 is 9.47 Å². The highest BCUT2D eigenvalue weighted by Gasteiger charge is 2.04. The van der Waals surface area contributed by atoms with Crippen molar-refractivity contribution in [1.82, 2.24) is 0 Å². The second-order valence-corrected chi connectivity index (χ2v) is 4.32. The quantitative estimate of drug-likeness (QED) is 0.815. The van der Waals surface area contributed by atoms with E-state index in [1.54, 1.807) is 14.2 Å². The fraction of sp³-hybridized carbons (Fsp3) is 0.333. The van der Waals surface area contributed by atoms with Gasteiger partial charge in [0.1, 0.15) is 11.5 Å². The average Bonchev–Trinajstić information content (AvgIpc) is 2.25. The number of hydrogen-bond donors (Lipinski definition) is 0. The third-order valence-electron chi connectivity index (χ3n) is 2.15. The lowest BCUT2D eigenvalue weighted by atomic mass is 10.1. The summed E-state index contributed by atoms with van der Waals surface area (Å²) < 4.78 is 11.4. The topological polar surface area (TPSA) is 18.5 Å². The minimum atomic E-state index is 0.853. The molecule has 15 heavy (non-hydrogen) atoms. The van der Waals surface area contributed by atoms with Crippen LogP contribution in [0.25, 0.3) is 0 Å². The van der Waals surface area contributed by atoms with Crippen LogP contribution < -0.4 is 9.47 Å². The Morgan fingerprint density at radius 3 is 2.60 bits per heavy atom. The van der Waals surface area contributed by atoms with Crippen molar-refractivity contribution in [3.63, 3.8) is 0 Å². The molecule has 0 spiro atoms. The van der Waals surface area contributed by atoms with Crippen molar-refractivity contribution in [2.75, 3.05) is 14.2 Å². The standard InChI is InChI=1S/C12H15BrO2/c1-9(13)4-5-10-8-11(14-2)6-7-12(10)15-3/h6-8H,1,4-5H2,2-3H3. The molecule has 0 N–H and O–H groups in total. The first-order valence-corrected chi connectivity index (χ1v) is 5.51. The predicted molar refractivity (Wildman–Crippen MR) is 65.9 cm³/mol. The van der Waals surface area contributed by atoms with E-state index in [0.717, 1.165) is 34.4 Å². The summed E-state index contributed by atoms with van der Waals surface area (Å²) >= 11 is 3.35. The number of aryl methyl sites for hydroxylation is 1. The molecule has 2 nitrogen and oxygen atoms in total. The van der Waals surface area contributed by atoms with Gasteiger partial charge in [-0.2, -0.15) is 0 Å². The molecule has 1 aromatic rings. The Bertz CT molecular complexity index is 347. The summed E-state index contributed by atoms with van der Waals surface area (Å²) in [5.41, 5.74) is 1.14. The van der Waals surface area contributed by atoms with E-state index < -0.39 is 0 Å². The van der Waals surface area contributed by atoms with Gasteiger partial charge >= 0.3 is 0 Å². The summed E-state index contributed by atoms with van der Waals surface area (Å²) in [5.74, 6) is 1.75. The Morgan fingerprint density at radius 2 is 2.07 bits per heavy atom. The lowest BCUT2D eigenvalue weighted by Gasteiger charge is -2.09. The van der Waals surface area contributed by atoms with Crippen LogP contribution in [0.5, 0.6) is 11.5 Å². The van der Waals surface area contributed by atoms with Gasteiger partial charge in [0.05, 0.1) is 14.2 Å². The van der Waals surface area contributed by atoms with Crippen molar-refractivity contribution in [2.24, 2.45) is 0 Å². The van der Waals surface area contributed by atoms with Gasteiger partial charge in [-0.3, -0.25) is 0 Å². The first-order valence-electron chi connectivity index (χ1n) is 4.71. The zero-order valence-electron chi connectivity index (χ0n) is 9.05. The molecule has 0 amide bonds. The molecule has 3 heteroatoms. The molecule has 82 valence electrons. The minimum Gasteiger partial charge on any atom is -0.497 e. The van der Waals surface area contributed by atoms with E-state index in [4.69, 9.17) is 9.47 Å². The van der Waals surface area contributed by atoms with Crippen LogP contribution >= 0.6 is 15.9 Å². The van der Waals surface area contributed by atoms with Crippen LogP contribution in [0.4, 0.5) is 0 Å². The Kier molecular flexibility index (Phi) is 4.69. The van der Waals surface area contributed by atoms with Crippen molar-refractivity contribution in [2.45, 2.75) is 12.8 Å². The van der Waals surface area contributed by atoms with Gasteiger partial charge in [-0.15, -0.1) is 0 Å². The number of methoxy groups -OCH3 is 2. The highest BCUT2D eigenvalue weighted by Crippen LogP contribution is 2.26. The second-order valence-electron chi connectivity index (χ2n) is 3.20. The molecule has 0 aliphatic heterocycles. The van der Waals surface area contributed by atoms with Gasteiger partial charge in [0.15, 0.2) is 0 Å². The highest BCUT2D eigenvalue weighted by atomic mass is 79.9. The normalized spacial score (nSPS) is 9.80. The van der Waals surface area contributed by atoms with Gasteiger partial charge in [0, 0.05) is 0 Å². The Balaban J connectivity index is 2.85. The van der Waals surface area contributed by atoms with Gasteiger partial charge in [-0.25, -0.2) is 0 Å². The largest absolute Gasteiger partial charge is 0.497 e. The zero-order valence-corrected chi connectivity index (χ0v) is 10.6. The van der Waals surface area contributed by atoms with Gasteiger partial charge in [0.2, 0.25) is 0 Å². The van der Waals surface area contributed by atoms with Crippen LogP contribution in [0.2, 0.25) is 0 Å². The third kappa shape index (κ3) is 3.59. The molecule has 1 aromatic carbocycles. The van der Waals surface area contributed by atoms with Crippen molar-refractivity contribution in [3.8, 4) is 11.5 Å². The number of benzene rings is 1. The fourth-order valence-corrected chi connectivity index (χ4v) is 1.55. The van der Waals surface area contributed by atoms with Crippen LogP contribution in [0, 0.1) is 0 Å². The third-order valence-corrected chi connectivity index (χ3v) is 2.55. The van der Waals surface area contributed by atoms with Crippen LogP contribution in [-0.2, 0) is 6.42 Å². The summed E-state index contributed by atoms with van der Waals surface area (Å²) in [6.07, 6.45) is 1.79. The average molecular weight is 271 g/mol. The molecule has 0 aliphatic rings. The molecule has 0 saturated carbocycles. The molecule has 0 saturated heterocycles. The number of allylic oxidation sites excluding steroid dienone is 1. The molecule has 0 bridgehead atoms. The van der Waals surface area contributed by atoms with Gasteiger partial charge in [-0.1, -0.05) is 22.5 Å². The van der Waals surface area contributed by atoms with Gasteiger partial charge in [0.25, 0.3) is 0 Å². The summed E-state index contributed by atoms with van der Waals surface area (Å²) in [5, 5.41) is 0. The van der Waals surface area contributed by atoms with E-state index in [2.05, 4.69) is 22.5 Å². The molecule has 0 radical (unpaired) electrons. The smallest absolute Gasteiger partial charge is 0.122 e. The van der Waals surface area contributed by atoms with Gasteiger partial charge < -0.3 is 9.47 Å². The van der Waals surface area contributed by atoms with Crippen molar-refractivity contribution in [1.29, 1.82) is 0 Å². The number of rotatable bonds is 5. The number of ether oxygens (including phenoxy) is 2. The van der Waals surface area contributed by atoms with Crippen LogP contribution in [0.1, 0.15) is 12.0 Å². The maximum Gasteiger partial charge on any atom is 0.122 e. The van der Waals surface area contributed by atoms with Gasteiger partial charge in [-0.05, 0) is 41.1 Å². The highest BCUT2D eigenvalue weighted by molar-refractivity contribution is 9.11. The van der Waals surface area contributed by atoms with Crippen LogP contribution in [-0.4, -0.2) is 14.2 Å². The fourth-order valence-electron chi connectivity index (χ4n) is 1.35. The van der Waals surface area contributed by atoms with E-state index in [-0.39, 0.29) is 0 Å². The van der Waals surface area contributed by atoms with E-state index in [9.17, 15) is 0 Å². The van der Waals surface area contributed by atoms with E-state index in [0.29, 0.717) is 0 Å². The molecule has 0 aliphatic carbocycles. The molecule has 0 heterocycles. The lowest BCUT2D eigenvalue weighted by Crippen LogP contribution is -1.94. The molecule has 0 aromatic heterocycles. The monoisotopic (exact) mass is 270 g/mol. The molecule has 0 atom stereocenters. The molecular formula is C12H15BrO2. The maximum absolute atomic E-state index is 5.28. The molecule has 0 unspecified atom stereocenters. The van der Waals surface area contributed by atoms with E-state index in [1.807, 2.05) is 18.2 Å². The minimum absolute atomic E-state index is 0.853. The summed E-state index contributed by atoms with van der Waals surface area (Å²) in [4.78, 5) is 0. The number of hydrogen-bond acceptors (Lipinski definition) is 2. The summed E-state index contributed by atoms with van der Waals surface area (Å²) in [7, 11) is 3.34. The first-order chi connectivity index (χ1) is 7.17. The van der Waals surface area contributed by atoms with E-state index in [1.165, 1.54) is 0 Å². The number of halogens is 1. The predicted octanol–water partition coefficient (Wildman–Crippen LogP) is 3.55. The van der Waals surface area contributed by atoms with Crippen LogP contribution in [0.15, 0.2) is 29.3 Å².